The minimum Gasteiger partial charge on any atom is -0.466 e. The van der Waals surface area contributed by atoms with Crippen LogP contribution in [0, 0.1) is 11.3 Å². The molecule has 1 aromatic heterocycles. The molecule has 0 amide bonds. The number of nitrogens with two attached hydrogens (primary N) is 1. The number of nitriles is 1. The Hall–Kier alpha value is -4.91. The number of rotatable bonds is 5. The van der Waals surface area contributed by atoms with E-state index < -0.39 is 17.9 Å². The van der Waals surface area contributed by atoms with Crippen LogP contribution in [-0.2, 0) is 19.1 Å². The molecule has 0 fully saturated rings. The van der Waals surface area contributed by atoms with Gasteiger partial charge < -0.3 is 15.2 Å². The van der Waals surface area contributed by atoms with Crippen molar-refractivity contribution in [2.24, 2.45) is 5.73 Å². The number of hydrogen-bond acceptors (Lipinski definition) is 9. The Morgan fingerprint density at radius 1 is 1.00 bits per heavy atom. The van der Waals surface area contributed by atoms with E-state index in [-0.39, 0.29) is 22.7 Å². The van der Waals surface area contributed by atoms with Gasteiger partial charge in [-0.25, -0.2) is 14.3 Å². The summed E-state index contributed by atoms with van der Waals surface area (Å²) in [6, 6.07) is 17.8. The van der Waals surface area contributed by atoms with Crippen molar-refractivity contribution in [3.8, 4) is 11.8 Å². The second-order valence-corrected chi connectivity index (χ2v) is 7.20. The number of carbonyl (C=O) groups is 2. The summed E-state index contributed by atoms with van der Waals surface area (Å²) >= 11 is 0. The summed E-state index contributed by atoms with van der Waals surface area (Å²) in [7, 11) is 2.41. The first kappa shape index (κ1) is 22.3. The number of allylic oxidation sites excluding steroid dienone is 1. The highest BCUT2D eigenvalue weighted by atomic mass is 16.5. The number of nitrogens with zero attached hydrogens (tertiary/aromatic N) is 5. The van der Waals surface area contributed by atoms with Gasteiger partial charge in [0.2, 0.25) is 0 Å². The first-order chi connectivity index (χ1) is 16.5. The Kier molecular flexibility index (Phi) is 6.09. The molecule has 1 unspecified atom stereocenters. The van der Waals surface area contributed by atoms with Crippen molar-refractivity contribution in [1.82, 2.24) is 15.0 Å². The number of ether oxygens (including phenoxy) is 2. The van der Waals surface area contributed by atoms with Crippen LogP contribution in [0.2, 0.25) is 0 Å². The fourth-order valence-electron chi connectivity index (χ4n) is 3.88. The van der Waals surface area contributed by atoms with E-state index in [0.717, 1.165) is 0 Å². The molecule has 170 valence electrons. The van der Waals surface area contributed by atoms with Gasteiger partial charge >= 0.3 is 11.9 Å². The minimum absolute atomic E-state index is 0.00193. The molecule has 34 heavy (non-hydrogen) atoms. The van der Waals surface area contributed by atoms with Crippen LogP contribution in [0.25, 0.3) is 5.69 Å². The van der Waals surface area contributed by atoms with E-state index in [4.69, 9.17) is 15.2 Å². The third-order valence-electron chi connectivity index (χ3n) is 5.41. The Bertz CT molecular complexity index is 1320. The van der Waals surface area contributed by atoms with Crippen LogP contribution >= 0.6 is 0 Å². The zero-order valence-corrected chi connectivity index (χ0v) is 18.4. The highest BCUT2D eigenvalue weighted by Gasteiger charge is 2.42. The summed E-state index contributed by atoms with van der Waals surface area (Å²) in [5.74, 6) is -2.50. The van der Waals surface area contributed by atoms with Crippen molar-refractivity contribution in [2.75, 3.05) is 19.1 Å². The van der Waals surface area contributed by atoms with Gasteiger partial charge in [-0.05, 0) is 29.8 Å². The Morgan fingerprint density at radius 2 is 1.65 bits per heavy atom. The summed E-state index contributed by atoms with van der Waals surface area (Å²) in [4.78, 5) is 27.4. The summed E-state index contributed by atoms with van der Waals surface area (Å²) in [6.45, 7) is 0. The van der Waals surface area contributed by atoms with Crippen molar-refractivity contribution in [2.45, 2.75) is 5.92 Å². The zero-order chi connectivity index (χ0) is 24.2. The maximum Gasteiger partial charge on any atom is 0.355 e. The van der Waals surface area contributed by atoms with E-state index in [9.17, 15) is 14.9 Å². The van der Waals surface area contributed by atoms with Gasteiger partial charge in [0.1, 0.15) is 11.5 Å². The van der Waals surface area contributed by atoms with Gasteiger partial charge in [-0.2, -0.15) is 5.26 Å². The smallest absolute Gasteiger partial charge is 0.355 e. The summed E-state index contributed by atoms with van der Waals surface area (Å²) < 4.78 is 11.6. The van der Waals surface area contributed by atoms with Crippen LogP contribution in [0.3, 0.4) is 0 Å². The number of esters is 2. The number of benzene rings is 2. The van der Waals surface area contributed by atoms with Crippen LogP contribution in [-0.4, -0.2) is 41.2 Å². The molecule has 2 heterocycles. The topological polar surface area (TPSA) is 136 Å². The van der Waals surface area contributed by atoms with Crippen molar-refractivity contribution < 1.29 is 19.1 Å². The number of carbonyl (C=O) groups excluding carboxylic acids is 2. The van der Waals surface area contributed by atoms with E-state index in [1.54, 1.807) is 71.7 Å². The average molecular weight is 456 g/mol. The summed E-state index contributed by atoms with van der Waals surface area (Å²) in [6.07, 6.45) is 3.22. The molecule has 2 N–H and O–H groups in total. The van der Waals surface area contributed by atoms with Gasteiger partial charge in [-0.15, -0.1) is 5.10 Å². The third kappa shape index (κ3) is 3.75. The highest BCUT2D eigenvalue weighted by molar-refractivity contribution is 6.06. The predicted octanol–water partition coefficient (Wildman–Crippen LogP) is 2.17. The predicted molar refractivity (Wildman–Crippen MR) is 121 cm³/mol. The van der Waals surface area contributed by atoms with Gasteiger partial charge in [-0.1, -0.05) is 35.5 Å². The van der Waals surface area contributed by atoms with E-state index in [1.165, 1.54) is 19.1 Å². The van der Waals surface area contributed by atoms with Gasteiger partial charge in [0, 0.05) is 5.69 Å². The maximum atomic E-state index is 13.0. The summed E-state index contributed by atoms with van der Waals surface area (Å²) in [5, 5.41) is 17.8. The number of aromatic nitrogens is 3. The lowest BCUT2D eigenvalue weighted by Gasteiger charge is -2.35. The van der Waals surface area contributed by atoms with E-state index in [0.29, 0.717) is 16.9 Å². The van der Waals surface area contributed by atoms with E-state index in [1.807, 2.05) is 0 Å². The monoisotopic (exact) mass is 456 g/mol. The number of anilines is 1. The fourth-order valence-corrected chi connectivity index (χ4v) is 3.88. The van der Waals surface area contributed by atoms with Gasteiger partial charge in [0.15, 0.2) is 0 Å². The van der Waals surface area contributed by atoms with E-state index in [2.05, 4.69) is 16.4 Å². The van der Waals surface area contributed by atoms with Crippen LogP contribution in [0.1, 0.15) is 11.5 Å². The Labute approximate surface area is 195 Å². The van der Waals surface area contributed by atoms with Crippen molar-refractivity contribution >= 4 is 17.6 Å². The Balaban J connectivity index is 1.96. The van der Waals surface area contributed by atoms with Crippen LogP contribution < -0.4 is 10.6 Å². The molecule has 1 aliphatic rings. The number of hydrogen-bond donors (Lipinski definition) is 1. The second kappa shape index (κ2) is 9.30. The van der Waals surface area contributed by atoms with E-state index >= 15 is 0 Å². The molecule has 0 bridgehead atoms. The lowest BCUT2D eigenvalue weighted by molar-refractivity contribution is -0.139. The normalized spacial score (nSPS) is 15.7. The lowest BCUT2D eigenvalue weighted by Crippen LogP contribution is -2.40. The van der Waals surface area contributed by atoms with Gasteiger partial charge in [0.25, 0.3) is 0 Å². The maximum absolute atomic E-state index is 13.0. The van der Waals surface area contributed by atoms with Crippen molar-refractivity contribution in [1.29, 1.82) is 5.26 Å². The van der Waals surface area contributed by atoms with Crippen LogP contribution in [0.4, 0.5) is 5.69 Å². The molecule has 0 saturated carbocycles. The minimum atomic E-state index is -0.918. The molecule has 0 saturated heterocycles. The van der Waals surface area contributed by atoms with Crippen LogP contribution in [0.15, 0.2) is 89.7 Å². The number of methoxy groups -OCH3 is 2. The third-order valence-corrected chi connectivity index (χ3v) is 5.41. The first-order valence-corrected chi connectivity index (χ1v) is 10.1. The molecule has 0 radical (unpaired) electrons. The molecule has 0 aliphatic carbocycles. The average Bonchev–Trinajstić information content (AvgIpc) is 3.42. The van der Waals surface area contributed by atoms with Gasteiger partial charge in [0.05, 0.1) is 55.4 Å². The largest absolute Gasteiger partial charge is 0.466 e. The highest BCUT2D eigenvalue weighted by Crippen LogP contribution is 2.43. The first-order valence-electron chi connectivity index (χ1n) is 10.1. The molecule has 3 aromatic rings. The standard InChI is InChI=1S/C24H20N6O4/c1-33-23(31)20-19(15-6-4-3-5-7-15)18(14-25)22(26)30(21(20)24(32)34-2)17-10-8-16(9-11-17)29-13-12-27-28-29/h3-13,19H,26H2,1-2H3. The molecule has 2 aromatic carbocycles. The van der Waals surface area contributed by atoms with Crippen molar-refractivity contribution in [3.05, 3.63) is 95.2 Å². The SMILES string of the molecule is COC(=O)C1=C(C(=O)OC)N(c2ccc(-n3ccnn3)cc2)C(N)=C(C#N)C1c1ccccc1. The molecule has 10 nitrogen and oxygen atoms in total. The quantitative estimate of drug-likeness (QED) is 0.573. The lowest BCUT2D eigenvalue weighted by atomic mass is 9.81. The Morgan fingerprint density at radius 3 is 2.21 bits per heavy atom. The fraction of sp³-hybridized carbons (Fsp3) is 0.125. The molecular formula is C24H20N6O4. The van der Waals surface area contributed by atoms with Crippen LogP contribution in [0.5, 0.6) is 0 Å². The molecule has 1 atom stereocenters. The molecule has 1 aliphatic heterocycles. The zero-order valence-electron chi connectivity index (χ0n) is 18.4. The second-order valence-electron chi connectivity index (χ2n) is 7.20. The molecule has 4 rings (SSSR count). The molecule has 10 heteroatoms. The molecular weight excluding hydrogens is 436 g/mol. The van der Waals surface area contributed by atoms with Crippen molar-refractivity contribution in [3.63, 3.8) is 0 Å². The summed E-state index contributed by atoms with van der Waals surface area (Å²) in [5.41, 5.74) is 8.13. The van der Waals surface area contributed by atoms with Gasteiger partial charge in [-0.3, -0.25) is 4.90 Å². The molecule has 0 spiro atoms.